The molecule has 0 unspecified atom stereocenters. The number of hydrogen-bond donors (Lipinski definition) is 1. The molecule has 1 aromatic carbocycles. The van der Waals surface area contributed by atoms with Gasteiger partial charge in [0.05, 0.1) is 17.3 Å². The van der Waals surface area contributed by atoms with Gasteiger partial charge in [-0.15, -0.1) is 0 Å². The maximum absolute atomic E-state index is 13.0. The standard InChI is InChI=1S/C16H16F3NO3/c17-16(18,19)12-9-20(8-11(12)13(21)22)14(23)15(6-7-15)10-4-2-1-3-5-10/h1-5,11-12H,6-9H2,(H,21,22)/t11-,12-/m1/s1. The van der Waals surface area contributed by atoms with Crippen molar-refractivity contribution in [1.82, 2.24) is 4.90 Å². The molecule has 23 heavy (non-hydrogen) atoms. The van der Waals surface area contributed by atoms with Gasteiger partial charge in [-0.2, -0.15) is 13.2 Å². The van der Waals surface area contributed by atoms with Crippen LogP contribution in [0, 0.1) is 11.8 Å². The van der Waals surface area contributed by atoms with E-state index in [4.69, 9.17) is 5.11 Å². The number of halogens is 3. The van der Waals surface area contributed by atoms with Crippen LogP contribution in [0.25, 0.3) is 0 Å². The van der Waals surface area contributed by atoms with Crippen molar-refractivity contribution in [2.45, 2.75) is 24.4 Å². The first-order valence-electron chi connectivity index (χ1n) is 7.40. The van der Waals surface area contributed by atoms with E-state index >= 15 is 0 Å². The average molecular weight is 327 g/mol. The third-order valence-electron chi connectivity index (χ3n) is 4.83. The third kappa shape index (κ3) is 2.68. The summed E-state index contributed by atoms with van der Waals surface area (Å²) in [5.74, 6) is -5.49. The van der Waals surface area contributed by atoms with Crippen LogP contribution in [0.15, 0.2) is 30.3 Å². The van der Waals surface area contributed by atoms with E-state index in [1.54, 1.807) is 30.3 Å². The van der Waals surface area contributed by atoms with Crippen LogP contribution in [-0.4, -0.2) is 41.1 Å². The Morgan fingerprint density at radius 2 is 1.74 bits per heavy atom. The van der Waals surface area contributed by atoms with Crippen molar-refractivity contribution in [2.24, 2.45) is 11.8 Å². The Kier molecular flexibility index (Phi) is 3.61. The van der Waals surface area contributed by atoms with Gasteiger partial charge < -0.3 is 10.0 Å². The van der Waals surface area contributed by atoms with E-state index in [-0.39, 0.29) is 12.5 Å². The van der Waals surface area contributed by atoms with Crippen LogP contribution in [0.4, 0.5) is 13.2 Å². The number of carboxylic acid groups (broad SMARTS) is 1. The van der Waals surface area contributed by atoms with Crippen LogP contribution in [0.3, 0.4) is 0 Å². The highest BCUT2D eigenvalue weighted by atomic mass is 19.4. The summed E-state index contributed by atoms with van der Waals surface area (Å²) in [4.78, 5) is 24.9. The van der Waals surface area contributed by atoms with Crippen molar-refractivity contribution in [2.75, 3.05) is 13.1 Å². The molecule has 2 atom stereocenters. The van der Waals surface area contributed by atoms with Crippen LogP contribution >= 0.6 is 0 Å². The number of rotatable bonds is 3. The first-order valence-corrected chi connectivity index (χ1v) is 7.40. The third-order valence-corrected chi connectivity index (χ3v) is 4.83. The second-order valence-corrected chi connectivity index (χ2v) is 6.25. The minimum atomic E-state index is -4.62. The van der Waals surface area contributed by atoms with Crippen LogP contribution < -0.4 is 0 Å². The Morgan fingerprint density at radius 1 is 1.13 bits per heavy atom. The number of nitrogens with zero attached hydrogens (tertiary/aromatic N) is 1. The molecule has 2 fully saturated rings. The lowest BCUT2D eigenvalue weighted by atomic mass is 9.94. The van der Waals surface area contributed by atoms with E-state index in [1.165, 1.54) is 0 Å². The molecular weight excluding hydrogens is 311 g/mol. The highest BCUT2D eigenvalue weighted by molar-refractivity contribution is 5.92. The average Bonchev–Trinajstić information content (AvgIpc) is 3.17. The van der Waals surface area contributed by atoms with Gasteiger partial charge in [0.15, 0.2) is 0 Å². The van der Waals surface area contributed by atoms with Gasteiger partial charge in [0.1, 0.15) is 0 Å². The molecule has 0 bridgehead atoms. The number of likely N-dealkylation sites (tertiary alicyclic amines) is 1. The SMILES string of the molecule is O=C(O)[C@@H]1CN(C(=O)C2(c3ccccc3)CC2)C[C@H]1C(F)(F)F. The first-order chi connectivity index (χ1) is 10.8. The second-order valence-electron chi connectivity index (χ2n) is 6.25. The monoisotopic (exact) mass is 327 g/mol. The van der Waals surface area contributed by atoms with Crippen molar-refractivity contribution in [3.63, 3.8) is 0 Å². The van der Waals surface area contributed by atoms with Crippen molar-refractivity contribution in [3.05, 3.63) is 35.9 Å². The second kappa shape index (κ2) is 5.25. The van der Waals surface area contributed by atoms with E-state index in [1.807, 2.05) is 0 Å². The van der Waals surface area contributed by atoms with Gasteiger partial charge in [-0.05, 0) is 18.4 Å². The molecule has 1 saturated heterocycles. The predicted octanol–water partition coefficient (Wildman–Crippen LogP) is 2.44. The molecule has 1 aliphatic carbocycles. The number of carbonyl (C=O) groups excluding carboxylic acids is 1. The highest BCUT2D eigenvalue weighted by Gasteiger charge is 2.58. The summed E-state index contributed by atoms with van der Waals surface area (Å²) in [6.45, 7) is -0.958. The Bertz CT molecular complexity index is 625. The summed E-state index contributed by atoms with van der Waals surface area (Å²) < 4.78 is 39.1. The zero-order valence-electron chi connectivity index (χ0n) is 12.2. The fourth-order valence-corrected chi connectivity index (χ4v) is 3.36. The largest absolute Gasteiger partial charge is 0.481 e. The van der Waals surface area contributed by atoms with Crippen LogP contribution in [-0.2, 0) is 15.0 Å². The summed E-state index contributed by atoms with van der Waals surface area (Å²) in [5.41, 5.74) is 0.0116. The topological polar surface area (TPSA) is 57.6 Å². The molecular formula is C16H16F3NO3. The van der Waals surface area contributed by atoms with Gasteiger partial charge in [-0.25, -0.2) is 0 Å². The Labute approximate surface area is 130 Å². The zero-order valence-corrected chi connectivity index (χ0v) is 12.2. The van der Waals surface area contributed by atoms with Crippen molar-refractivity contribution in [1.29, 1.82) is 0 Å². The summed E-state index contributed by atoms with van der Waals surface area (Å²) >= 11 is 0. The normalized spacial score (nSPS) is 26.1. The Balaban J connectivity index is 1.83. The molecule has 1 amide bonds. The van der Waals surface area contributed by atoms with Crippen molar-refractivity contribution in [3.8, 4) is 0 Å². The fourth-order valence-electron chi connectivity index (χ4n) is 3.36. The molecule has 2 aliphatic rings. The van der Waals surface area contributed by atoms with Gasteiger partial charge in [0.25, 0.3) is 0 Å². The lowest BCUT2D eigenvalue weighted by Crippen LogP contribution is -2.39. The molecule has 7 heteroatoms. The van der Waals surface area contributed by atoms with E-state index in [0.717, 1.165) is 10.5 Å². The minimum Gasteiger partial charge on any atom is -0.481 e. The summed E-state index contributed by atoms with van der Waals surface area (Å²) in [6, 6.07) is 8.95. The molecule has 1 saturated carbocycles. The van der Waals surface area contributed by atoms with Gasteiger partial charge in [-0.3, -0.25) is 9.59 Å². The van der Waals surface area contributed by atoms with E-state index < -0.39 is 35.9 Å². The van der Waals surface area contributed by atoms with Gasteiger partial charge >= 0.3 is 12.1 Å². The highest BCUT2D eigenvalue weighted by Crippen LogP contribution is 2.51. The number of alkyl halides is 3. The molecule has 3 rings (SSSR count). The quantitative estimate of drug-likeness (QED) is 0.928. The minimum absolute atomic E-state index is 0.382. The molecule has 124 valence electrons. The Hall–Kier alpha value is -2.05. The smallest absolute Gasteiger partial charge is 0.394 e. The van der Waals surface area contributed by atoms with Gasteiger partial charge in [0, 0.05) is 13.1 Å². The summed E-state index contributed by atoms with van der Waals surface area (Å²) in [6.07, 6.45) is -3.46. The number of amides is 1. The van der Waals surface area contributed by atoms with Crippen molar-refractivity contribution < 1.29 is 27.9 Å². The molecule has 1 heterocycles. The molecule has 4 nitrogen and oxygen atoms in total. The van der Waals surface area contributed by atoms with E-state index in [0.29, 0.717) is 12.8 Å². The number of aliphatic carboxylic acids is 1. The Morgan fingerprint density at radius 3 is 2.17 bits per heavy atom. The van der Waals surface area contributed by atoms with Gasteiger partial charge in [0.2, 0.25) is 5.91 Å². The number of benzene rings is 1. The number of carboxylic acids is 1. The lowest BCUT2D eigenvalue weighted by Gasteiger charge is -2.24. The molecule has 0 aromatic heterocycles. The zero-order chi connectivity index (χ0) is 16.8. The van der Waals surface area contributed by atoms with Crippen LogP contribution in [0.1, 0.15) is 18.4 Å². The van der Waals surface area contributed by atoms with Crippen molar-refractivity contribution >= 4 is 11.9 Å². The maximum atomic E-state index is 13.0. The van der Waals surface area contributed by atoms with Crippen LogP contribution in [0.5, 0.6) is 0 Å². The molecule has 1 aliphatic heterocycles. The number of hydrogen-bond acceptors (Lipinski definition) is 2. The lowest BCUT2D eigenvalue weighted by molar-refractivity contribution is -0.188. The van der Waals surface area contributed by atoms with E-state index in [9.17, 15) is 22.8 Å². The predicted molar refractivity (Wildman–Crippen MR) is 74.6 cm³/mol. The molecule has 1 aromatic rings. The first kappa shape index (κ1) is 15.8. The van der Waals surface area contributed by atoms with Gasteiger partial charge in [-0.1, -0.05) is 30.3 Å². The molecule has 0 radical (unpaired) electrons. The van der Waals surface area contributed by atoms with E-state index in [2.05, 4.69) is 0 Å². The summed E-state index contributed by atoms with van der Waals surface area (Å²) in [7, 11) is 0. The number of carbonyl (C=O) groups is 2. The molecule has 1 N–H and O–H groups in total. The van der Waals surface area contributed by atoms with Crippen LogP contribution in [0.2, 0.25) is 0 Å². The maximum Gasteiger partial charge on any atom is 0.394 e. The molecule has 0 spiro atoms. The summed E-state index contributed by atoms with van der Waals surface area (Å²) in [5, 5.41) is 9.04. The fraction of sp³-hybridized carbons (Fsp3) is 0.500.